The number of benzene rings is 2. The molecule has 2 aromatic carbocycles. The topological polar surface area (TPSA) is 80.7 Å². The standard InChI is InChI=1S/C16H14ClFO5S/c1-2-24(21,22)13-3-4-15(14(18)9-13)23-12-6-10(7-16(19)20)5-11(17)8-12/h3-6,8-9H,2,7H2,1H3,(H,19,20). The van der Waals surface area contributed by atoms with Crippen LogP contribution in [-0.2, 0) is 21.1 Å². The Morgan fingerprint density at radius 3 is 2.54 bits per heavy atom. The number of ether oxygens (including phenoxy) is 1. The first kappa shape index (κ1) is 18.2. The Kier molecular flexibility index (Phi) is 5.46. The molecule has 0 saturated heterocycles. The molecule has 0 heterocycles. The largest absolute Gasteiger partial charge is 0.481 e. The maximum Gasteiger partial charge on any atom is 0.307 e. The van der Waals surface area contributed by atoms with Crippen LogP contribution in [0.3, 0.4) is 0 Å². The van der Waals surface area contributed by atoms with Crippen molar-refractivity contribution in [3.63, 3.8) is 0 Å². The molecule has 8 heteroatoms. The van der Waals surface area contributed by atoms with Gasteiger partial charge in [0.15, 0.2) is 21.4 Å². The molecule has 5 nitrogen and oxygen atoms in total. The van der Waals surface area contributed by atoms with Gasteiger partial charge in [-0.2, -0.15) is 0 Å². The molecule has 24 heavy (non-hydrogen) atoms. The van der Waals surface area contributed by atoms with Crippen molar-refractivity contribution in [1.29, 1.82) is 0 Å². The Hall–Kier alpha value is -2.12. The third kappa shape index (κ3) is 4.46. The Morgan fingerprint density at radius 2 is 1.96 bits per heavy atom. The molecule has 0 radical (unpaired) electrons. The Labute approximate surface area is 143 Å². The fourth-order valence-corrected chi connectivity index (χ4v) is 3.15. The minimum absolute atomic E-state index is 0.132. The van der Waals surface area contributed by atoms with E-state index in [1.54, 1.807) is 0 Å². The third-order valence-electron chi connectivity index (χ3n) is 3.16. The van der Waals surface area contributed by atoms with Crippen molar-refractivity contribution < 1.29 is 27.4 Å². The lowest BCUT2D eigenvalue weighted by Gasteiger charge is -2.10. The van der Waals surface area contributed by atoms with Crippen LogP contribution in [0.2, 0.25) is 5.02 Å². The van der Waals surface area contributed by atoms with Gasteiger partial charge in [-0.1, -0.05) is 18.5 Å². The van der Waals surface area contributed by atoms with Gasteiger partial charge in [0.1, 0.15) is 5.75 Å². The van der Waals surface area contributed by atoms with Gasteiger partial charge >= 0.3 is 5.97 Å². The summed E-state index contributed by atoms with van der Waals surface area (Å²) in [7, 11) is -3.52. The van der Waals surface area contributed by atoms with E-state index in [-0.39, 0.29) is 33.6 Å². The normalized spacial score (nSPS) is 11.3. The SMILES string of the molecule is CCS(=O)(=O)c1ccc(Oc2cc(Cl)cc(CC(=O)O)c2)c(F)c1. The first-order valence-corrected chi connectivity index (χ1v) is 8.95. The van der Waals surface area contributed by atoms with Gasteiger partial charge in [-0.05, 0) is 42.0 Å². The molecule has 0 bridgehead atoms. The van der Waals surface area contributed by atoms with Crippen LogP contribution < -0.4 is 4.74 Å². The van der Waals surface area contributed by atoms with Crippen LogP contribution in [-0.4, -0.2) is 25.2 Å². The number of carbonyl (C=O) groups is 1. The monoisotopic (exact) mass is 372 g/mol. The highest BCUT2D eigenvalue weighted by Crippen LogP contribution is 2.29. The van der Waals surface area contributed by atoms with Crippen molar-refractivity contribution in [3.8, 4) is 11.5 Å². The van der Waals surface area contributed by atoms with Gasteiger partial charge in [0.25, 0.3) is 0 Å². The van der Waals surface area contributed by atoms with Gasteiger partial charge < -0.3 is 9.84 Å². The van der Waals surface area contributed by atoms with E-state index in [1.165, 1.54) is 37.3 Å². The van der Waals surface area contributed by atoms with E-state index in [2.05, 4.69) is 0 Å². The maximum absolute atomic E-state index is 14.1. The predicted molar refractivity (Wildman–Crippen MR) is 87.0 cm³/mol. The second kappa shape index (κ2) is 7.19. The average molecular weight is 373 g/mol. The summed E-state index contributed by atoms with van der Waals surface area (Å²) in [6.07, 6.45) is -0.257. The molecule has 0 atom stereocenters. The van der Waals surface area contributed by atoms with Crippen LogP contribution in [0.25, 0.3) is 0 Å². The molecule has 128 valence electrons. The summed E-state index contributed by atoms with van der Waals surface area (Å²) < 4.78 is 42.9. The van der Waals surface area contributed by atoms with Crippen LogP contribution in [0.15, 0.2) is 41.3 Å². The van der Waals surface area contributed by atoms with Crippen molar-refractivity contribution in [3.05, 3.63) is 52.8 Å². The molecule has 0 aromatic heterocycles. The molecule has 1 N–H and O–H groups in total. The van der Waals surface area contributed by atoms with Crippen molar-refractivity contribution in [2.24, 2.45) is 0 Å². The smallest absolute Gasteiger partial charge is 0.307 e. The van der Waals surface area contributed by atoms with Gasteiger partial charge in [-0.15, -0.1) is 0 Å². The molecule has 0 aliphatic carbocycles. The summed E-state index contributed by atoms with van der Waals surface area (Å²) in [5.41, 5.74) is 0.399. The number of sulfone groups is 1. The quantitative estimate of drug-likeness (QED) is 0.836. The molecular weight excluding hydrogens is 359 g/mol. The van der Waals surface area contributed by atoms with Crippen LogP contribution in [0, 0.1) is 5.82 Å². The van der Waals surface area contributed by atoms with Gasteiger partial charge in [0.05, 0.1) is 17.1 Å². The van der Waals surface area contributed by atoms with Crippen LogP contribution in [0.1, 0.15) is 12.5 Å². The van der Waals surface area contributed by atoms with Gasteiger partial charge in [-0.3, -0.25) is 4.79 Å². The van der Waals surface area contributed by atoms with E-state index in [1.807, 2.05) is 0 Å². The summed E-state index contributed by atoms with van der Waals surface area (Å²) in [6.45, 7) is 1.47. The summed E-state index contributed by atoms with van der Waals surface area (Å²) in [6, 6.07) is 7.64. The summed E-state index contributed by atoms with van der Waals surface area (Å²) in [5.74, 6) is -2.05. The van der Waals surface area contributed by atoms with E-state index >= 15 is 0 Å². The lowest BCUT2D eigenvalue weighted by atomic mass is 10.1. The Morgan fingerprint density at radius 1 is 1.25 bits per heavy atom. The van der Waals surface area contributed by atoms with Crippen molar-refractivity contribution in [1.82, 2.24) is 0 Å². The van der Waals surface area contributed by atoms with E-state index in [0.717, 1.165) is 6.07 Å². The zero-order valence-corrected chi connectivity index (χ0v) is 14.2. The first-order valence-electron chi connectivity index (χ1n) is 6.92. The van der Waals surface area contributed by atoms with Gasteiger partial charge in [-0.25, -0.2) is 12.8 Å². The number of hydrogen-bond acceptors (Lipinski definition) is 4. The molecule has 2 aromatic rings. The number of rotatable bonds is 6. The molecule has 0 aliphatic heterocycles. The second-order valence-electron chi connectivity index (χ2n) is 4.96. The fraction of sp³-hybridized carbons (Fsp3) is 0.188. The van der Waals surface area contributed by atoms with E-state index in [9.17, 15) is 17.6 Å². The third-order valence-corrected chi connectivity index (χ3v) is 5.11. The number of hydrogen-bond donors (Lipinski definition) is 1. The summed E-state index contributed by atoms with van der Waals surface area (Å²) in [4.78, 5) is 10.6. The number of halogens is 2. The number of aliphatic carboxylic acids is 1. The molecule has 0 unspecified atom stereocenters. The molecule has 0 saturated carbocycles. The molecule has 0 fully saturated rings. The van der Waals surface area contributed by atoms with E-state index < -0.39 is 21.6 Å². The highest BCUT2D eigenvalue weighted by molar-refractivity contribution is 7.91. The highest BCUT2D eigenvalue weighted by atomic mass is 35.5. The number of carboxylic acids is 1. The molecule has 2 rings (SSSR count). The maximum atomic E-state index is 14.1. The van der Waals surface area contributed by atoms with Gasteiger partial charge in [0.2, 0.25) is 0 Å². The van der Waals surface area contributed by atoms with Crippen LogP contribution in [0.4, 0.5) is 4.39 Å². The lowest BCUT2D eigenvalue weighted by molar-refractivity contribution is -0.136. The fourth-order valence-electron chi connectivity index (χ4n) is 2.01. The summed E-state index contributed by atoms with van der Waals surface area (Å²) in [5, 5.41) is 9.06. The molecular formula is C16H14ClFO5S. The molecule has 0 spiro atoms. The first-order chi connectivity index (χ1) is 11.2. The minimum Gasteiger partial charge on any atom is -0.481 e. The van der Waals surface area contributed by atoms with E-state index in [4.69, 9.17) is 21.4 Å². The second-order valence-corrected chi connectivity index (χ2v) is 7.68. The summed E-state index contributed by atoms with van der Waals surface area (Å²) >= 11 is 5.90. The molecule has 0 aliphatic rings. The van der Waals surface area contributed by atoms with Gasteiger partial charge in [0, 0.05) is 5.02 Å². The number of carboxylic acid groups (broad SMARTS) is 1. The van der Waals surface area contributed by atoms with Crippen molar-refractivity contribution >= 4 is 27.4 Å². The molecule has 0 amide bonds. The Bertz CT molecular complexity index is 880. The van der Waals surface area contributed by atoms with Crippen molar-refractivity contribution in [2.75, 3.05) is 5.75 Å². The zero-order valence-electron chi connectivity index (χ0n) is 12.6. The van der Waals surface area contributed by atoms with Crippen LogP contribution in [0.5, 0.6) is 11.5 Å². The van der Waals surface area contributed by atoms with Crippen LogP contribution >= 0.6 is 11.6 Å². The minimum atomic E-state index is -3.52. The van der Waals surface area contributed by atoms with Crippen molar-refractivity contribution in [2.45, 2.75) is 18.2 Å². The zero-order chi connectivity index (χ0) is 17.9. The average Bonchev–Trinajstić information content (AvgIpc) is 2.48. The predicted octanol–water partition coefficient (Wildman–Crippen LogP) is 3.69. The van der Waals surface area contributed by atoms with E-state index in [0.29, 0.717) is 5.56 Å². The lowest BCUT2D eigenvalue weighted by Crippen LogP contribution is -2.04. The Balaban J connectivity index is 2.32. The highest BCUT2D eigenvalue weighted by Gasteiger charge is 2.15.